The van der Waals surface area contributed by atoms with Crippen LogP contribution in [0.25, 0.3) is 17.0 Å². The van der Waals surface area contributed by atoms with E-state index < -0.39 is 5.97 Å². The van der Waals surface area contributed by atoms with Crippen LogP contribution in [0.2, 0.25) is 0 Å². The van der Waals surface area contributed by atoms with Crippen molar-refractivity contribution in [1.82, 2.24) is 19.6 Å². The van der Waals surface area contributed by atoms with E-state index in [-0.39, 0.29) is 5.69 Å². The van der Waals surface area contributed by atoms with Crippen LogP contribution in [0.15, 0.2) is 42.7 Å². The van der Waals surface area contributed by atoms with Crippen molar-refractivity contribution in [2.75, 3.05) is 0 Å². The molecule has 0 unspecified atom stereocenters. The molecule has 0 atom stereocenters. The van der Waals surface area contributed by atoms with Crippen LogP contribution in [0.3, 0.4) is 0 Å². The molecule has 1 N–H and O–H groups in total. The van der Waals surface area contributed by atoms with Gasteiger partial charge in [-0.2, -0.15) is 5.10 Å². The van der Waals surface area contributed by atoms with E-state index in [9.17, 15) is 4.79 Å². The van der Waals surface area contributed by atoms with Gasteiger partial charge in [-0.15, -0.1) is 0 Å². The fraction of sp³-hybridized carbons (Fsp3) is 0. The molecule has 0 amide bonds. The molecule has 3 aromatic rings. The van der Waals surface area contributed by atoms with E-state index in [4.69, 9.17) is 5.11 Å². The van der Waals surface area contributed by atoms with Crippen LogP contribution in [-0.2, 0) is 0 Å². The monoisotopic (exact) mass is 240 g/mol. The first-order valence-electron chi connectivity index (χ1n) is 5.25. The number of aromatic carboxylic acids is 1. The molecule has 0 saturated carbocycles. The highest BCUT2D eigenvalue weighted by molar-refractivity contribution is 5.86. The molecule has 0 radical (unpaired) electrons. The maximum absolute atomic E-state index is 11.0. The third kappa shape index (κ3) is 1.60. The number of aromatic nitrogens is 4. The molecule has 0 aliphatic rings. The number of hydrogen-bond donors (Lipinski definition) is 1. The van der Waals surface area contributed by atoms with Crippen LogP contribution in [0.1, 0.15) is 10.5 Å². The molecular weight excluding hydrogens is 232 g/mol. The number of pyridine rings is 1. The summed E-state index contributed by atoms with van der Waals surface area (Å²) < 4.78 is 1.30. The lowest BCUT2D eigenvalue weighted by Gasteiger charge is -2.01. The third-order valence-electron chi connectivity index (χ3n) is 2.51. The summed E-state index contributed by atoms with van der Waals surface area (Å²) in [6.45, 7) is 0. The standard InChI is InChI=1S/C12H8N4O2/c17-12(18)10-7-14-11-5-4-9(15-16(10)11)8-3-1-2-6-13-8/h1-7H,(H,17,18). The molecule has 0 aliphatic carbocycles. The molecule has 6 nitrogen and oxygen atoms in total. The maximum atomic E-state index is 11.0. The first-order chi connectivity index (χ1) is 8.75. The zero-order valence-electron chi connectivity index (χ0n) is 9.19. The van der Waals surface area contributed by atoms with Crippen molar-refractivity contribution in [3.8, 4) is 11.4 Å². The van der Waals surface area contributed by atoms with E-state index >= 15 is 0 Å². The molecule has 6 heteroatoms. The summed E-state index contributed by atoms with van der Waals surface area (Å²) in [5, 5.41) is 13.3. The highest BCUT2D eigenvalue weighted by Gasteiger charge is 2.12. The van der Waals surface area contributed by atoms with Gasteiger partial charge in [0.2, 0.25) is 0 Å². The number of fused-ring (bicyclic) bond motifs is 1. The molecule has 18 heavy (non-hydrogen) atoms. The summed E-state index contributed by atoms with van der Waals surface area (Å²) in [5.41, 5.74) is 1.81. The summed E-state index contributed by atoms with van der Waals surface area (Å²) in [6.07, 6.45) is 2.94. The van der Waals surface area contributed by atoms with Crippen LogP contribution < -0.4 is 0 Å². The molecule has 3 heterocycles. The summed E-state index contributed by atoms with van der Waals surface area (Å²) in [5.74, 6) is -1.06. The molecule has 0 fully saturated rings. The molecule has 3 aromatic heterocycles. The second-order valence-corrected chi connectivity index (χ2v) is 3.65. The van der Waals surface area contributed by atoms with Crippen LogP contribution in [0.4, 0.5) is 0 Å². The first kappa shape index (κ1) is 10.4. The van der Waals surface area contributed by atoms with Gasteiger partial charge >= 0.3 is 5.97 Å². The van der Waals surface area contributed by atoms with Gasteiger partial charge in [-0.25, -0.2) is 14.3 Å². The van der Waals surface area contributed by atoms with Gasteiger partial charge in [0.1, 0.15) is 5.69 Å². The Kier molecular flexibility index (Phi) is 2.26. The molecule has 0 saturated heterocycles. The third-order valence-corrected chi connectivity index (χ3v) is 2.51. The van der Waals surface area contributed by atoms with E-state index in [1.165, 1.54) is 10.7 Å². The van der Waals surface area contributed by atoms with E-state index in [1.807, 2.05) is 18.2 Å². The Bertz CT molecular complexity index is 721. The summed E-state index contributed by atoms with van der Waals surface area (Å²) in [6, 6.07) is 8.94. The van der Waals surface area contributed by atoms with Crippen LogP contribution in [0.5, 0.6) is 0 Å². The van der Waals surface area contributed by atoms with Crippen molar-refractivity contribution in [2.45, 2.75) is 0 Å². The predicted molar refractivity (Wildman–Crippen MR) is 63.2 cm³/mol. The number of carboxylic acids is 1. The topological polar surface area (TPSA) is 80.4 Å². The Balaban J connectivity index is 2.21. The zero-order valence-corrected chi connectivity index (χ0v) is 9.19. The van der Waals surface area contributed by atoms with Gasteiger partial charge in [-0.1, -0.05) is 6.07 Å². The quantitative estimate of drug-likeness (QED) is 0.734. The lowest BCUT2D eigenvalue weighted by Crippen LogP contribution is -2.05. The summed E-state index contributed by atoms with van der Waals surface area (Å²) in [4.78, 5) is 19.2. The number of rotatable bonds is 2. The lowest BCUT2D eigenvalue weighted by atomic mass is 10.2. The zero-order chi connectivity index (χ0) is 12.5. The van der Waals surface area contributed by atoms with Crippen LogP contribution in [0, 0.1) is 0 Å². The summed E-state index contributed by atoms with van der Waals surface area (Å²) >= 11 is 0. The minimum absolute atomic E-state index is 0.0304. The first-order valence-corrected chi connectivity index (χ1v) is 5.25. The van der Waals surface area contributed by atoms with Crippen molar-refractivity contribution < 1.29 is 9.90 Å². The normalized spacial score (nSPS) is 10.7. The number of nitrogens with zero attached hydrogens (tertiary/aromatic N) is 4. The van der Waals surface area contributed by atoms with E-state index in [0.717, 1.165) is 0 Å². The average Bonchev–Trinajstić information content (AvgIpc) is 2.82. The smallest absolute Gasteiger partial charge is 0.356 e. The van der Waals surface area contributed by atoms with Gasteiger partial charge in [0.25, 0.3) is 0 Å². The van der Waals surface area contributed by atoms with E-state index in [2.05, 4.69) is 15.1 Å². The van der Waals surface area contributed by atoms with E-state index in [0.29, 0.717) is 17.0 Å². The summed E-state index contributed by atoms with van der Waals surface area (Å²) in [7, 11) is 0. The second-order valence-electron chi connectivity index (χ2n) is 3.65. The van der Waals surface area contributed by atoms with Crippen molar-refractivity contribution in [2.24, 2.45) is 0 Å². The highest BCUT2D eigenvalue weighted by atomic mass is 16.4. The second kappa shape index (κ2) is 3.92. The number of hydrogen-bond acceptors (Lipinski definition) is 4. The largest absolute Gasteiger partial charge is 0.476 e. The van der Waals surface area contributed by atoms with Gasteiger partial charge in [-0.3, -0.25) is 4.98 Å². The molecular formula is C12H8N4O2. The minimum Gasteiger partial charge on any atom is -0.476 e. The van der Waals surface area contributed by atoms with Crippen molar-refractivity contribution >= 4 is 11.6 Å². The van der Waals surface area contributed by atoms with Gasteiger partial charge in [0.05, 0.1) is 11.9 Å². The SMILES string of the molecule is O=C(O)c1cnc2ccc(-c3ccccn3)nn12. The molecule has 0 aliphatic heterocycles. The fourth-order valence-electron chi connectivity index (χ4n) is 1.67. The molecule has 0 aromatic carbocycles. The Morgan fingerprint density at radius 3 is 2.72 bits per heavy atom. The van der Waals surface area contributed by atoms with Crippen molar-refractivity contribution in [1.29, 1.82) is 0 Å². The Morgan fingerprint density at radius 2 is 2.00 bits per heavy atom. The van der Waals surface area contributed by atoms with Gasteiger partial charge < -0.3 is 5.11 Å². The van der Waals surface area contributed by atoms with Gasteiger partial charge in [-0.05, 0) is 24.3 Å². The number of carboxylic acid groups (broad SMARTS) is 1. The Labute approximate surface area is 102 Å². The predicted octanol–water partition coefficient (Wildman–Crippen LogP) is 1.49. The molecule has 0 spiro atoms. The molecule has 88 valence electrons. The Morgan fingerprint density at radius 1 is 1.11 bits per heavy atom. The van der Waals surface area contributed by atoms with Crippen LogP contribution in [-0.4, -0.2) is 30.7 Å². The number of carbonyl (C=O) groups is 1. The maximum Gasteiger partial charge on any atom is 0.356 e. The minimum atomic E-state index is -1.06. The van der Waals surface area contributed by atoms with Crippen molar-refractivity contribution in [3.05, 3.63) is 48.4 Å². The molecule has 0 bridgehead atoms. The molecule has 3 rings (SSSR count). The van der Waals surface area contributed by atoms with Gasteiger partial charge in [0.15, 0.2) is 11.3 Å². The van der Waals surface area contributed by atoms with Crippen molar-refractivity contribution in [3.63, 3.8) is 0 Å². The van der Waals surface area contributed by atoms with Gasteiger partial charge in [0, 0.05) is 6.20 Å². The van der Waals surface area contributed by atoms with E-state index in [1.54, 1.807) is 18.3 Å². The fourth-order valence-corrected chi connectivity index (χ4v) is 1.67. The van der Waals surface area contributed by atoms with Crippen LogP contribution >= 0.6 is 0 Å². The highest BCUT2D eigenvalue weighted by Crippen LogP contribution is 2.14. The number of imidazole rings is 1. The average molecular weight is 240 g/mol. The lowest BCUT2D eigenvalue weighted by molar-refractivity contribution is 0.0688. The Hall–Kier alpha value is -2.76.